The van der Waals surface area contributed by atoms with Gasteiger partial charge in [-0.05, 0) is 44.2 Å². The molecule has 1 N–H and O–H groups in total. The summed E-state index contributed by atoms with van der Waals surface area (Å²) in [6, 6.07) is 4.88. The molecule has 1 aromatic heterocycles. The molecule has 2 nitrogen and oxygen atoms in total. The normalized spacial score (nSPS) is 16.1. The molecule has 0 bridgehead atoms. The van der Waals surface area contributed by atoms with Crippen molar-refractivity contribution in [2.24, 2.45) is 0 Å². The van der Waals surface area contributed by atoms with Crippen LogP contribution in [-0.4, -0.2) is 11.0 Å². The van der Waals surface area contributed by atoms with Crippen molar-refractivity contribution in [3.8, 4) is 0 Å². The minimum atomic E-state index is 0.530. The molecule has 82 valence electrons. The Morgan fingerprint density at radius 1 is 1.40 bits per heavy atom. The Morgan fingerprint density at radius 3 is 3.07 bits per heavy atom. The van der Waals surface area contributed by atoms with E-state index in [1.165, 1.54) is 36.9 Å². The van der Waals surface area contributed by atoms with Gasteiger partial charge in [0.25, 0.3) is 0 Å². The van der Waals surface area contributed by atoms with E-state index in [4.69, 9.17) is 0 Å². The molecular weight excluding hydrogens is 184 g/mol. The maximum atomic E-state index is 4.66. The van der Waals surface area contributed by atoms with Gasteiger partial charge in [0, 0.05) is 11.7 Å². The van der Waals surface area contributed by atoms with Crippen molar-refractivity contribution < 1.29 is 0 Å². The minimum absolute atomic E-state index is 0.530. The molecule has 0 saturated heterocycles. The first-order chi connectivity index (χ1) is 7.29. The Labute approximate surface area is 92.1 Å². The van der Waals surface area contributed by atoms with E-state index in [1.54, 1.807) is 0 Å². The summed E-state index contributed by atoms with van der Waals surface area (Å²) in [5.41, 5.74) is 2.76. The van der Waals surface area contributed by atoms with Crippen LogP contribution in [0.25, 0.3) is 0 Å². The van der Waals surface area contributed by atoms with E-state index in [2.05, 4.69) is 36.3 Å². The van der Waals surface area contributed by atoms with Gasteiger partial charge in [0.1, 0.15) is 5.82 Å². The SMILES string of the molecule is CCCC(C)Nc1ccc2c(n1)CCC2. The maximum absolute atomic E-state index is 4.66. The Bertz CT molecular complexity index is 333. The molecule has 0 saturated carbocycles. The first kappa shape index (κ1) is 10.5. The zero-order chi connectivity index (χ0) is 10.7. The summed E-state index contributed by atoms with van der Waals surface area (Å²) in [6.45, 7) is 4.44. The molecule has 2 rings (SSSR count). The predicted octanol–water partition coefficient (Wildman–Crippen LogP) is 3.17. The van der Waals surface area contributed by atoms with Crippen LogP contribution >= 0.6 is 0 Å². The third-order valence-corrected chi connectivity index (χ3v) is 3.04. The van der Waals surface area contributed by atoms with Crippen molar-refractivity contribution >= 4 is 5.82 Å². The third kappa shape index (κ3) is 2.49. The lowest BCUT2D eigenvalue weighted by Gasteiger charge is -2.14. The lowest BCUT2D eigenvalue weighted by Crippen LogP contribution is -2.15. The number of pyridine rings is 1. The lowest BCUT2D eigenvalue weighted by atomic mass is 10.2. The highest BCUT2D eigenvalue weighted by molar-refractivity contribution is 5.40. The minimum Gasteiger partial charge on any atom is -0.368 e. The molecule has 2 heteroatoms. The van der Waals surface area contributed by atoms with Gasteiger partial charge in [-0.15, -0.1) is 0 Å². The molecule has 1 aliphatic carbocycles. The van der Waals surface area contributed by atoms with Crippen molar-refractivity contribution in [1.29, 1.82) is 0 Å². The van der Waals surface area contributed by atoms with Crippen molar-refractivity contribution in [2.45, 2.75) is 52.0 Å². The fraction of sp³-hybridized carbons (Fsp3) is 0.615. The molecule has 1 unspecified atom stereocenters. The van der Waals surface area contributed by atoms with Gasteiger partial charge in [-0.25, -0.2) is 4.98 Å². The average molecular weight is 204 g/mol. The van der Waals surface area contributed by atoms with Crippen LogP contribution in [0.15, 0.2) is 12.1 Å². The number of anilines is 1. The van der Waals surface area contributed by atoms with Gasteiger partial charge in [0.05, 0.1) is 0 Å². The molecule has 1 aromatic rings. The zero-order valence-electron chi connectivity index (χ0n) is 9.71. The second-order valence-corrected chi connectivity index (χ2v) is 4.49. The number of hydrogen-bond donors (Lipinski definition) is 1. The molecule has 0 spiro atoms. The molecule has 0 radical (unpaired) electrons. The number of fused-ring (bicyclic) bond motifs is 1. The lowest BCUT2D eigenvalue weighted by molar-refractivity contribution is 0.687. The van der Waals surface area contributed by atoms with Crippen LogP contribution in [0.3, 0.4) is 0 Å². The number of hydrogen-bond acceptors (Lipinski definition) is 2. The number of rotatable bonds is 4. The molecule has 0 aromatic carbocycles. The summed E-state index contributed by atoms with van der Waals surface area (Å²) in [6.07, 6.45) is 6.08. The molecular formula is C13H20N2. The van der Waals surface area contributed by atoms with Crippen LogP contribution in [0.2, 0.25) is 0 Å². The van der Waals surface area contributed by atoms with E-state index in [0.29, 0.717) is 6.04 Å². The topological polar surface area (TPSA) is 24.9 Å². The summed E-state index contributed by atoms with van der Waals surface area (Å²) >= 11 is 0. The third-order valence-electron chi connectivity index (χ3n) is 3.04. The molecule has 1 aliphatic rings. The van der Waals surface area contributed by atoms with E-state index in [1.807, 2.05) is 0 Å². The molecule has 0 amide bonds. The number of nitrogens with zero attached hydrogens (tertiary/aromatic N) is 1. The fourth-order valence-corrected chi connectivity index (χ4v) is 2.26. The van der Waals surface area contributed by atoms with E-state index in [-0.39, 0.29) is 0 Å². The monoisotopic (exact) mass is 204 g/mol. The number of nitrogens with one attached hydrogen (secondary N) is 1. The quantitative estimate of drug-likeness (QED) is 0.814. The van der Waals surface area contributed by atoms with Crippen LogP contribution in [0.1, 0.15) is 44.4 Å². The van der Waals surface area contributed by atoms with Crippen LogP contribution in [0.5, 0.6) is 0 Å². The predicted molar refractivity (Wildman–Crippen MR) is 64.3 cm³/mol. The van der Waals surface area contributed by atoms with Crippen LogP contribution in [-0.2, 0) is 12.8 Å². The standard InChI is InChI=1S/C13H20N2/c1-3-5-10(2)14-13-9-8-11-6-4-7-12(11)15-13/h8-10H,3-7H2,1-2H3,(H,14,15). The summed E-state index contributed by atoms with van der Waals surface area (Å²) < 4.78 is 0. The van der Waals surface area contributed by atoms with Crippen molar-refractivity contribution in [1.82, 2.24) is 4.98 Å². The zero-order valence-corrected chi connectivity index (χ0v) is 9.71. The summed E-state index contributed by atoms with van der Waals surface area (Å²) in [5, 5.41) is 3.46. The number of aromatic nitrogens is 1. The molecule has 1 heterocycles. The van der Waals surface area contributed by atoms with Gasteiger partial charge in [0.15, 0.2) is 0 Å². The average Bonchev–Trinajstić information content (AvgIpc) is 2.65. The Morgan fingerprint density at radius 2 is 2.27 bits per heavy atom. The van der Waals surface area contributed by atoms with Gasteiger partial charge in [-0.3, -0.25) is 0 Å². The van der Waals surface area contributed by atoms with Crippen molar-refractivity contribution in [3.63, 3.8) is 0 Å². The van der Waals surface area contributed by atoms with Gasteiger partial charge in [0.2, 0.25) is 0 Å². The van der Waals surface area contributed by atoms with Crippen molar-refractivity contribution in [2.75, 3.05) is 5.32 Å². The van der Waals surface area contributed by atoms with E-state index in [9.17, 15) is 0 Å². The summed E-state index contributed by atoms with van der Waals surface area (Å²) in [5.74, 6) is 1.05. The van der Waals surface area contributed by atoms with Crippen LogP contribution < -0.4 is 5.32 Å². The van der Waals surface area contributed by atoms with E-state index >= 15 is 0 Å². The van der Waals surface area contributed by atoms with Crippen LogP contribution in [0.4, 0.5) is 5.82 Å². The first-order valence-electron chi connectivity index (χ1n) is 6.05. The Hall–Kier alpha value is -1.05. The largest absolute Gasteiger partial charge is 0.368 e. The second-order valence-electron chi connectivity index (χ2n) is 4.49. The molecule has 1 atom stereocenters. The van der Waals surface area contributed by atoms with Crippen LogP contribution in [0, 0.1) is 0 Å². The summed E-state index contributed by atoms with van der Waals surface area (Å²) in [4.78, 5) is 4.66. The number of aryl methyl sites for hydroxylation is 2. The van der Waals surface area contributed by atoms with E-state index in [0.717, 1.165) is 12.2 Å². The molecule has 15 heavy (non-hydrogen) atoms. The van der Waals surface area contributed by atoms with Gasteiger partial charge in [-0.1, -0.05) is 19.4 Å². The van der Waals surface area contributed by atoms with Gasteiger partial charge >= 0.3 is 0 Å². The van der Waals surface area contributed by atoms with Gasteiger partial charge < -0.3 is 5.32 Å². The van der Waals surface area contributed by atoms with Gasteiger partial charge in [-0.2, -0.15) is 0 Å². The molecule has 0 fully saturated rings. The highest BCUT2D eigenvalue weighted by Gasteiger charge is 2.12. The van der Waals surface area contributed by atoms with E-state index < -0.39 is 0 Å². The highest BCUT2D eigenvalue weighted by Crippen LogP contribution is 2.21. The Kier molecular flexibility index (Phi) is 3.24. The van der Waals surface area contributed by atoms with Crippen molar-refractivity contribution in [3.05, 3.63) is 23.4 Å². The first-order valence-corrected chi connectivity index (χ1v) is 6.05. The fourth-order valence-electron chi connectivity index (χ4n) is 2.26. The Balaban J connectivity index is 2.03. The maximum Gasteiger partial charge on any atom is 0.126 e. The summed E-state index contributed by atoms with van der Waals surface area (Å²) in [7, 11) is 0. The highest BCUT2D eigenvalue weighted by atomic mass is 15.0. The molecule has 0 aliphatic heterocycles. The second kappa shape index (κ2) is 4.65. The smallest absolute Gasteiger partial charge is 0.126 e.